The fourth-order valence-electron chi connectivity index (χ4n) is 5.22. The molecule has 1 aromatic carbocycles. The Morgan fingerprint density at radius 3 is 3.11 bits per heavy atom. The van der Waals surface area contributed by atoms with Gasteiger partial charge in [0.05, 0.1) is 0 Å². The molecule has 0 radical (unpaired) electrons. The van der Waals surface area contributed by atoms with Gasteiger partial charge in [-0.15, -0.1) is 0 Å². The number of benzene rings is 1. The third kappa shape index (κ3) is 1.34. The van der Waals surface area contributed by atoms with E-state index in [9.17, 15) is 0 Å². The van der Waals surface area contributed by atoms with Gasteiger partial charge in [-0.05, 0) is 42.4 Å². The Labute approximate surface area is 116 Å². The normalized spacial score (nSPS) is 39.5. The molecule has 19 heavy (non-hydrogen) atoms. The first kappa shape index (κ1) is 11.7. The summed E-state index contributed by atoms with van der Waals surface area (Å²) in [6, 6.07) is 7.69. The molecule has 2 fully saturated rings. The molecule has 100 valence electrons. The van der Waals surface area contributed by atoms with Gasteiger partial charge in [0.2, 0.25) is 0 Å². The molecule has 1 saturated heterocycles. The van der Waals surface area contributed by atoms with Crippen LogP contribution >= 0.6 is 0 Å². The van der Waals surface area contributed by atoms with Crippen LogP contribution in [0.5, 0.6) is 0 Å². The van der Waals surface area contributed by atoms with Gasteiger partial charge in [-0.1, -0.05) is 43.7 Å². The molecule has 4 unspecified atom stereocenters. The van der Waals surface area contributed by atoms with Crippen molar-refractivity contribution in [2.45, 2.75) is 50.0 Å². The van der Waals surface area contributed by atoms with E-state index >= 15 is 0 Å². The minimum atomic E-state index is 0.497. The Hall–Kier alpha value is -1.08. The second kappa shape index (κ2) is 3.96. The Balaban J connectivity index is 1.86. The first-order valence-corrected chi connectivity index (χ1v) is 7.77. The summed E-state index contributed by atoms with van der Waals surface area (Å²) in [5, 5.41) is 3.76. The lowest BCUT2D eigenvalue weighted by atomic mass is 9.44. The molecule has 1 heteroatoms. The first-order chi connectivity index (χ1) is 9.27. The van der Waals surface area contributed by atoms with Crippen LogP contribution in [0.25, 0.3) is 6.08 Å². The van der Waals surface area contributed by atoms with Crippen molar-refractivity contribution in [3.05, 3.63) is 41.5 Å². The molecule has 0 bridgehead atoms. The van der Waals surface area contributed by atoms with Gasteiger partial charge in [0, 0.05) is 23.9 Å². The quantitative estimate of drug-likeness (QED) is 0.801. The number of fused-ring (bicyclic) bond motifs is 2. The van der Waals surface area contributed by atoms with Crippen LogP contribution in [0.4, 0.5) is 0 Å². The van der Waals surface area contributed by atoms with Crippen LogP contribution in [0.1, 0.15) is 55.2 Å². The number of nitrogens with one attached hydrogen (secondary N) is 1. The van der Waals surface area contributed by atoms with Crippen molar-refractivity contribution in [3.63, 3.8) is 0 Å². The van der Waals surface area contributed by atoms with Gasteiger partial charge in [-0.3, -0.25) is 0 Å². The van der Waals surface area contributed by atoms with Crippen molar-refractivity contribution in [1.29, 1.82) is 0 Å². The molecule has 1 aromatic rings. The average Bonchev–Trinajstić information content (AvgIpc) is 2.46. The van der Waals surface area contributed by atoms with E-state index < -0.39 is 0 Å². The second-order valence-corrected chi connectivity index (χ2v) is 6.69. The Kier molecular flexibility index (Phi) is 2.44. The summed E-state index contributed by atoms with van der Waals surface area (Å²) in [5.74, 6) is 1.61. The van der Waals surface area contributed by atoms with Gasteiger partial charge in [0.1, 0.15) is 0 Å². The van der Waals surface area contributed by atoms with Crippen molar-refractivity contribution >= 4 is 6.08 Å². The fourth-order valence-corrected chi connectivity index (χ4v) is 5.22. The fraction of sp³-hybridized carbons (Fsp3) is 0.556. The number of hydrogen-bond donors (Lipinski definition) is 1. The molecule has 3 aliphatic rings. The largest absolute Gasteiger partial charge is 0.313 e. The van der Waals surface area contributed by atoms with E-state index in [0.717, 1.165) is 11.8 Å². The molecule has 1 spiro atoms. The molecule has 1 heterocycles. The summed E-state index contributed by atoms with van der Waals surface area (Å²) in [5.41, 5.74) is 5.06. The van der Waals surface area contributed by atoms with Crippen LogP contribution in [0, 0.1) is 5.92 Å². The van der Waals surface area contributed by atoms with Crippen LogP contribution < -0.4 is 5.32 Å². The maximum absolute atomic E-state index is 3.93. The maximum atomic E-state index is 3.93. The molecule has 4 atom stereocenters. The van der Waals surface area contributed by atoms with Crippen LogP contribution in [-0.4, -0.2) is 12.6 Å². The third-order valence-electron chi connectivity index (χ3n) is 6.08. The predicted molar refractivity (Wildman–Crippen MR) is 80.4 cm³/mol. The van der Waals surface area contributed by atoms with E-state index in [0.29, 0.717) is 11.5 Å². The van der Waals surface area contributed by atoms with Gasteiger partial charge in [0.15, 0.2) is 0 Å². The minimum Gasteiger partial charge on any atom is -0.313 e. The molecule has 0 aromatic heterocycles. The van der Waals surface area contributed by atoms with Crippen molar-refractivity contribution in [3.8, 4) is 0 Å². The monoisotopic (exact) mass is 253 g/mol. The van der Waals surface area contributed by atoms with Gasteiger partial charge >= 0.3 is 0 Å². The standard InChI is InChI=1S/C18H23N/c1-3-13-7-8-14-16(10-13)18-9-5-4-6-15(18)12(2)19-11-17(14)18/h3,7-8,10,12,15,17,19H,1,4-6,9,11H2,2H3. The van der Waals surface area contributed by atoms with Crippen molar-refractivity contribution in [1.82, 2.24) is 5.32 Å². The van der Waals surface area contributed by atoms with Crippen molar-refractivity contribution in [2.24, 2.45) is 5.92 Å². The van der Waals surface area contributed by atoms with Crippen LogP contribution in [0.15, 0.2) is 24.8 Å². The summed E-state index contributed by atoms with van der Waals surface area (Å²) in [4.78, 5) is 0. The van der Waals surface area contributed by atoms with E-state index in [1.54, 1.807) is 11.1 Å². The molecule has 1 N–H and O–H groups in total. The maximum Gasteiger partial charge on any atom is 0.00798 e. The summed E-state index contributed by atoms with van der Waals surface area (Å²) < 4.78 is 0. The highest BCUT2D eigenvalue weighted by Crippen LogP contribution is 2.63. The van der Waals surface area contributed by atoms with E-state index in [1.165, 1.54) is 37.8 Å². The Morgan fingerprint density at radius 2 is 2.26 bits per heavy atom. The minimum absolute atomic E-state index is 0.497. The molecule has 1 saturated carbocycles. The van der Waals surface area contributed by atoms with Crippen molar-refractivity contribution in [2.75, 3.05) is 6.54 Å². The van der Waals surface area contributed by atoms with Gasteiger partial charge < -0.3 is 5.32 Å². The van der Waals surface area contributed by atoms with Crippen molar-refractivity contribution < 1.29 is 0 Å². The lowest BCUT2D eigenvalue weighted by Crippen LogP contribution is -2.63. The summed E-state index contributed by atoms with van der Waals surface area (Å²) in [6.45, 7) is 7.50. The molecular formula is C18H23N. The molecule has 0 amide bonds. The highest BCUT2D eigenvalue weighted by atomic mass is 15.0. The Morgan fingerprint density at radius 1 is 1.37 bits per heavy atom. The number of hydrogen-bond acceptors (Lipinski definition) is 1. The first-order valence-electron chi connectivity index (χ1n) is 7.77. The van der Waals surface area contributed by atoms with Crippen LogP contribution in [0.3, 0.4) is 0 Å². The smallest absolute Gasteiger partial charge is 0.00798 e. The molecule has 2 aliphatic carbocycles. The Bertz CT molecular complexity index is 532. The zero-order chi connectivity index (χ0) is 13.0. The number of piperidine rings is 1. The van der Waals surface area contributed by atoms with Crippen LogP contribution in [0.2, 0.25) is 0 Å². The van der Waals surface area contributed by atoms with E-state index in [1.807, 2.05) is 6.08 Å². The SMILES string of the molecule is C=Cc1ccc2c(c1)C13CCCCC1C(C)NCC23. The average molecular weight is 253 g/mol. The predicted octanol–water partition coefficient (Wildman–Crippen LogP) is 3.85. The highest BCUT2D eigenvalue weighted by Gasteiger charge is 2.59. The summed E-state index contributed by atoms with van der Waals surface area (Å²) >= 11 is 0. The van der Waals surface area contributed by atoms with Gasteiger partial charge in [0.25, 0.3) is 0 Å². The number of rotatable bonds is 1. The van der Waals surface area contributed by atoms with E-state index in [-0.39, 0.29) is 0 Å². The lowest BCUT2D eigenvalue weighted by molar-refractivity contribution is 0.0515. The van der Waals surface area contributed by atoms with E-state index in [4.69, 9.17) is 0 Å². The van der Waals surface area contributed by atoms with Crippen LogP contribution in [-0.2, 0) is 5.41 Å². The lowest BCUT2D eigenvalue weighted by Gasteiger charge is -2.62. The molecule has 1 nitrogen and oxygen atoms in total. The van der Waals surface area contributed by atoms with E-state index in [2.05, 4.69) is 37.0 Å². The summed E-state index contributed by atoms with van der Waals surface area (Å²) in [7, 11) is 0. The van der Waals surface area contributed by atoms with Gasteiger partial charge in [-0.2, -0.15) is 0 Å². The summed E-state index contributed by atoms with van der Waals surface area (Å²) in [6.07, 6.45) is 7.63. The third-order valence-corrected chi connectivity index (χ3v) is 6.08. The zero-order valence-electron chi connectivity index (χ0n) is 11.8. The highest BCUT2D eigenvalue weighted by molar-refractivity contribution is 5.59. The molecular weight excluding hydrogens is 230 g/mol. The van der Waals surface area contributed by atoms with Gasteiger partial charge in [-0.25, -0.2) is 0 Å². The topological polar surface area (TPSA) is 12.0 Å². The molecule has 4 rings (SSSR count). The molecule has 1 aliphatic heterocycles. The second-order valence-electron chi connectivity index (χ2n) is 6.69. The zero-order valence-corrected chi connectivity index (χ0v) is 11.8.